The van der Waals surface area contributed by atoms with E-state index in [-0.39, 0.29) is 6.54 Å². The van der Waals surface area contributed by atoms with Crippen LogP contribution >= 0.6 is 0 Å². The topological polar surface area (TPSA) is 78.4 Å². The standard InChI is InChI=1S/C17H16F2N2O3/c18-13-7-4-8-14(15(13)19)21-17(24)16(23)20-10-12(22)9-11-5-2-1-3-6-11/h1-8,12,22H,9-10H2,(H,20,23)(H,21,24). The van der Waals surface area contributed by atoms with Gasteiger partial charge in [0, 0.05) is 13.0 Å². The molecule has 5 nitrogen and oxygen atoms in total. The number of rotatable bonds is 5. The summed E-state index contributed by atoms with van der Waals surface area (Å²) in [5, 5.41) is 14.1. The minimum absolute atomic E-state index is 0.146. The van der Waals surface area contributed by atoms with Gasteiger partial charge in [-0.05, 0) is 17.7 Å². The first-order valence-electron chi connectivity index (χ1n) is 7.22. The van der Waals surface area contributed by atoms with Gasteiger partial charge in [0.15, 0.2) is 11.6 Å². The average Bonchev–Trinajstić information content (AvgIpc) is 2.57. The van der Waals surface area contributed by atoms with Crippen molar-refractivity contribution >= 4 is 17.5 Å². The van der Waals surface area contributed by atoms with Gasteiger partial charge in [-0.1, -0.05) is 36.4 Å². The van der Waals surface area contributed by atoms with Crippen molar-refractivity contribution in [3.63, 3.8) is 0 Å². The Balaban J connectivity index is 1.83. The lowest BCUT2D eigenvalue weighted by Gasteiger charge is -2.12. The van der Waals surface area contributed by atoms with Crippen LogP contribution in [0.1, 0.15) is 5.56 Å². The highest BCUT2D eigenvalue weighted by Crippen LogP contribution is 2.16. The molecule has 0 saturated carbocycles. The fourth-order valence-electron chi connectivity index (χ4n) is 2.03. The molecule has 2 amide bonds. The number of carbonyl (C=O) groups is 2. The Morgan fingerprint density at radius 3 is 2.42 bits per heavy atom. The molecule has 2 aromatic carbocycles. The number of anilines is 1. The molecule has 0 saturated heterocycles. The summed E-state index contributed by atoms with van der Waals surface area (Å²) in [4.78, 5) is 23.3. The Bertz CT molecular complexity index is 723. The van der Waals surface area contributed by atoms with Gasteiger partial charge in [0.1, 0.15) is 0 Å². The van der Waals surface area contributed by atoms with Crippen LogP contribution < -0.4 is 10.6 Å². The molecule has 0 heterocycles. The van der Waals surface area contributed by atoms with Crippen LogP contribution in [0, 0.1) is 11.6 Å². The van der Waals surface area contributed by atoms with Gasteiger partial charge >= 0.3 is 11.8 Å². The summed E-state index contributed by atoms with van der Waals surface area (Å²) in [5.74, 6) is -4.58. The summed E-state index contributed by atoms with van der Waals surface area (Å²) in [7, 11) is 0. The minimum Gasteiger partial charge on any atom is -0.391 e. The molecule has 0 aliphatic carbocycles. The zero-order valence-electron chi connectivity index (χ0n) is 12.6. The molecule has 1 unspecified atom stereocenters. The lowest BCUT2D eigenvalue weighted by molar-refractivity contribution is -0.136. The average molecular weight is 334 g/mol. The molecule has 0 radical (unpaired) electrons. The fraction of sp³-hybridized carbons (Fsp3) is 0.176. The van der Waals surface area contributed by atoms with Crippen molar-refractivity contribution in [3.05, 3.63) is 65.7 Å². The van der Waals surface area contributed by atoms with Gasteiger partial charge in [-0.25, -0.2) is 8.78 Å². The molecule has 0 spiro atoms. The maximum absolute atomic E-state index is 13.4. The molecule has 2 rings (SSSR count). The van der Waals surface area contributed by atoms with E-state index < -0.39 is 35.2 Å². The van der Waals surface area contributed by atoms with E-state index >= 15 is 0 Å². The molecule has 24 heavy (non-hydrogen) atoms. The lowest BCUT2D eigenvalue weighted by Crippen LogP contribution is -2.40. The molecule has 1 atom stereocenters. The number of nitrogens with one attached hydrogen (secondary N) is 2. The number of hydrogen-bond donors (Lipinski definition) is 3. The van der Waals surface area contributed by atoms with E-state index in [0.29, 0.717) is 6.42 Å². The summed E-state index contributed by atoms with van der Waals surface area (Å²) in [6, 6.07) is 12.4. The zero-order chi connectivity index (χ0) is 17.5. The monoisotopic (exact) mass is 334 g/mol. The summed E-state index contributed by atoms with van der Waals surface area (Å²) in [5.41, 5.74) is 0.450. The summed E-state index contributed by atoms with van der Waals surface area (Å²) < 4.78 is 26.5. The van der Waals surface area contributed by atoms with Crippen LogP contribution in [-0.4, -0.2) is 29.6 Å². The van der Waals surface area contributed by atoms with Crippen molar-refractivity contribution in [2.45, 2.75) is 12.5 Å². The van der Waals surface area contributed by atoms with E-state index in [9.17, 15) is 23.5 Å². The van der Waals surface area contributed by atoms with E-state index in [1.54, 1.807) is 0 Å². The van der Waals surface area contributed by atoms with Crippen molar-refractivity contribution in [3.8, 4) is 0 Å². The third-order valence-corrected chi connectivity index (χ3v) is 3.22. The number of amides is 2. The molecule has 0 aliphatic rings. The SMILES string of the molecule is O=C(NCC(O)Cc1ccccc1)C(=O)Nc1cccc(F)c1F. The number of benzene rings is 2. The fourth-order valence-corrected chi connectivity index (χ4v) is 2.03. The Labute approximate surface area is 137 Å². The Kier molecular flexibility index (Phi) is 5.97. The Hall–Kier alpha value is -2.80. The smallest absolute Gasteiger partial charge is 0.313 e. The molecule has 0 fully saturated rings. The van der Waals surface area contributed by atoms with Crippen molar-refractivity contribution in [2.75, 3.05) is 11.9 Å². The second kappa shape index (κ2) is 8.16. The summed E-state index contributed by atoms with van der Waals surface area (Å²) in [6.45, 7) is -0.146. The van der Waals surface area contributed by atoms with Crippen LogP contribution in [0.5, 0.6) is 0 Å². The highest BCUT2D eigenvalue weighted by Gasteiger charge is 2.18. The van der Waals surface area contributed by atoms with E-state index in [0.717, 1.165) is 17.7 Å². The maximum Gasteiger partial charge on any atom is 0.313 e. The first-order valence-corrected chi connectivity index (χ1v) is 7.22. The van der Waals surface area contributed by atoms with Crippen LogP contribution in [-0.2, 0) is 16.0 Å². The van der Waals surface area contributed by atoms with Crippen LogP contribution in [0.2, 0.25) is 0 Å². The molecule has 2 aromatic rings. The van der Waals surface area contributed by atoms with Crippen LogP contribution in [0.4, 0.5) is 14.5 Å². The first kappa shape index (κ1) is 17.6. The van der Waals surface area contributed by atoms with Crippen molar-refractivity contribution in [1.82, 2.24) is 5.32 Å². The summed E-state index contributed by atoms with van der Waals surface area (Å²) in [6.07, 6.45) is -0.573. The van der Waals surface area contributed by atoms with Gasteiger partial charge in [-0.15, -0.1) is 0 Å². The van der Waals surface area contributed by atoms with Crippen molar-refractivity contribution in [2.24, 2.45) is 0 Å². The number of hydrogen-bond acceptors (Lipinski definition) is 3. The third-order valence-electron chi connectivity index (χ3n) is 3.22. The van der Waals surface area contributed by atoms with Crippen LogP contribution in [0.3, 0.4) is 0 Å². The van der Waals surface area contributed by atoms with Crippen LogP contribution in [0.25, 0.3) is 0 Å². The molecule has 7 heteroatoms. The predicted molar refractivity (Wildman–Crippen MR) is 84.2 cm³/mol. The van der Waals surface area contributed by atoms with Gasteiger partial charge in [0.05, 0.1) is 11.8 Å². The second-order valence-corrected chi connectivity index (χ2v) is 5.11. The summed E-state index contributed by atoms with van der Waals surface area (Å²) >= 11 is 0. The Morgan fingerprint density at radius 1 is 1.00 bits per heavy atom. The number of aliphatic hydroxyl groups is 1. The number of aliphatic hydroxyl groups excluding tert-OH is 1. The quantitative estimate of drug-likeness (QED) is 0.727. The van der Waals surface area contributed by atoms with Gasteiger partial charge in [-0.3, -0.25) is 9.59 Å². The molecule has 126 valence electrons. The van der Waals surface area contributed by atoms with Crippen molar-refractivity contribution in [1.29, 1.82) is 0 Å². The van der Waals surface area contributed by atoms with Crippen molar-refractivity contribution < 1.29 is 23.5 Å². The van der Waals surface area contributed by atoms with Gasteiger partial charge in [0.2, 0.25) is 0 Å². The molecule has 0 aromatic heterocycles. The van der Waals surface area contributed by atoms with E-state index in [1.165, 1.54) is 6.07 Å². The van der Waals surface area contributed by atoms with E-state index in [2.05, 4.69) is 5.32 Å². The second-order valence-electron chi connectivity index (χ2n) is 5.11. The number of carbonyl (C=O) groups excluding carboxylic acids is 2. The lowest BCUT2D eigenvalue weighted by atomic mass is 10.1. The molecular weight excluding hydrogens is 318 g/mol. The highest BCUT2D eigenvalue weighted by atomic mass is 19.2. The van der Waals surface area contributed by atoms with Gasteiger partial charge in [-0.2, -0.15) is 0 Å². The highest BCUT2D eigenvalue weighted by molar-refractivity contribution is 6.39. The maximum atomic E-state index is 13.4. The minimum atomic E-state index is -1.25. The first-order chi connectivity index (χ1) is 11.5. The van der Waals surface area contributed by atoms with Crippen LogP contribution in [0.15, 0.2) is 48.5 Å². The molecule has 3 N–H and O–H groups in total. The zero-order valence-corrected chi connectivity index (χ0v) is 12.6. The third kappa shape index (κ3) is 4.85. The number of halogens is 2. The van der Waals surface area contributed by atoms with Gasteiger partial charge in [0.25, 0.3) is 0 Å². The van der Waals surface area contributed by atoms with Gasteiger partial charge < -0.3 is 15.7 Å². The molecular formula is C17H16F2N2O3. The Morgan fingerprint density at radius 2 is 1.71 bits per heavy atom. The normalized spacial score (nSPS) is 11.6. The van der Waals surface area contributed by atoms with E-state index in [4.69, 9.17) is 0 Å². The predicted octanol–water partition coefficient (Wildman–Crippen LogP) is 1.62. The molecule has 0 aliphatic heterocycles. The molecule has 0 bridgehead atoms. The largest absolute Gasteiger partial charge is 0.391 e. The van der Waals surface area contributed by atoms with E-state index in [1.807, 2.05) is 35.6 Å².